The second-order valence-electron chi connectivity index (χ2n) is 9.60. The zero-order valence-electron chi connectivity index (χ0n) is 19.1. The van der Waals surface area contributed by atoms with Crippen LogP contribution in [-0.2, 0) is 0 Å². The maximum absolute atomic E-state index is 2.39. The van der Waals surface area contributed by atoms with Gasteiger partial charge in [-0.2, -0.15) is 0 Å². The van der Waals surface area contributed by atoms with Crippen molar-refractivity contribution in [3.63, 3.8) is 0 Å². The standard InChI is InChI=1S/C25H52Si/c1-5-9-13-19-25(20-14-10-6-2)21-15-18-24-26(25,22-16-11-7-3)23-17-12-8-4/h5-24H2,1-4H3. The molecule has 0 amide bonds. The lowest BCUT2D eigenvalue weighted by molar-refractivity contribution is 0.353. The van der Waals surface area contributed by atoms with Crippen LogP contribution in [0.15, 0.2) is 0 Å². The van der Waals surface area contributed by atoms with Gasteiger partial charge in [0.1, 0.15) is 0 Å². The minimum atomic E-state index is -1.14. The van der Waals surface area contributed by atoms with Crippen LogP contribution >= 0.6 is 0 Å². The molecule has 0 nitrogen and oxygen atoms in total. The predicted molar refractivity (Wildman–Crippen MR) is 124 cm³/mol. The highest BCUT2D eigenvalue weighted by molar-refractivity contribution is 6.83. The van der Waals surface area contributed by atoms with Gasteiger partial charge in [-0.25, -0.2) is 0 Å². The quantitative estimate of drug-likeness (QED) is 0.184. The highest BCUT2D eigenvalue weighted by Gasteiger charge is 2.51. The van der Waals surface area contributed by atoms with Gasteiger partial charge in [0.15, 0.2) is 0 Å². The summed E-state index contributed by atoms with van der Waals surface area (Å²) < 4.78 is 0. The Hall–Kier alpha value is 0.217. The third kappa shape index (κ3) is 7.32. The van der Waals surface area contributed by atoms with Crippen LogP contribution in [0.5, 0.6) is 0 Å². The van der Waals surface area contributed by atoms with E-state index in [2.05, 4.69) is 27.7 Å². The molecule has 0 N–H and O–H groups in total. The molecule has 1 heteroatoms. The summed E-state index contributed by atoms with van der Waals surface area (Å²) in [4.78, 5) is 0. The lowest BCUT2D eigenvalue weighted by Crippen LogP contribution is -2.50. The topological polar surface area (TPSA) is 0 Å². The molecule has 1 saturated heterocycles. The lowest BCUT2D eigenvalue weighted by atomic mass is 9.88. The van der Waals surface area contributed by atoms with Crippen LogP contribution in [0.2, 0.25) is 23.2 Å². The van der Waals surface area contributed by atoms with Crippen molar-refractivity contribution in [3.05, 3.63) is 0 Å². The van der Waals surface area contributed by atoms with Crippen LogP contribution in [0, 0.1) is 0 Å². The van der Waals surface area contributed by atoms with E-state index in [9.17, 15) is 0 Å². The molecule has 0 aromatic heterocycles. The van der Waals surface area contributed by atoms with Gasteiger partial charge in [-0.05, 0) is 24.3 Å². The molecule has 0 aromatic rings. The normalized spacial score (nSPS) is 18.9. The first-order chi connectivity index (χ1) is 12.7. The Morgan fingerprint density at radius 3 is 1.50 bits per heavy atom. The number of unbranched alkanes of at least 4 members (excludes halogenated alkanes) is 8. The molecule has 0 saturated carbocycles. The van der Waals surface area contributed by atoms with Crippen molar-refractivity contribution < 1.29 is 0 Å². The second kappa shape index (κ2) is 14.2. The van der Waals surface area contributed by atoms with Crippen LogP contribution < -0.4 is 0 Å². The molecule has 1 aliphatic rings. The average Bonchev–Trinajstić information content (AvgIpc) is 2.65. The van der Waals surface area contributed by atoms with Crippen LogP contribution in [-0.4, -0.2) is 8.07 Å². The molecule has 1 rings (SSSR count). The summed E-state index contributed by atoms with van der Waals surface area (Å²) in [6, 6.07) is 5.06. The molecule has 1 heterocycles. The van der Waals surface area contributed by atoms with Crippen molar-refractivity contribution in [2.45, 2.75) is 160 Å². The van der Waals surface area contributed by atoms with Crippen molar-refractivity contribution in [1.29, 1.82) is 0 Å². The Labute approximate surface area is 168 Å². The summed E-state index contributed by atoms with van der Waals surface area (Å²) in [5.74, 6) is 0. The summed E-state index contributed by atoms with van der Waals surface area (Å²) >= 11 is 0. The summed E-state index contributed by atoms with van der Waals surface area (Å²) in [5, 5.41) is 0.830. The summed E-state index contributed by atoms with van der Waals surface area (Å²) in [7, 11) is -1.14. The predicted octanol–water partition coefficient (Wildman–Crippen LogP) is 9.90. The Morgan fingerprint density at radius 1 is 0.577 bits per heavy atom. The van der Waals surface area contributed by atoms with Crippen LogP contribution in [0.25, 0.3) is 0 Å². The Morgan fingerprint density at radius 2 is 1.04 bits per heavy atom. The third-order valence-electron chi connectivity index (χ3n) is 7.72. The third-order valence-corrected chi connectivity index (χ3v) is 14.7. The van der Waals surface area contributed by atoms with E-state index in [4.69, 9.17) is 0 Å². The van der Waals surface area contributed by atoms with Gasteiger partial charge < -0.3 is 0 Å². The van der Waals surface area contributed by atoms with Crippen LogP contribution in [0.4, 0.5) is 0 Å². The summed E-state index contributed by atoms with van der Waals surface area (Å²) in [6.45, 7) is 9.56. The number of hydrogen-bond acceptors (Lipinski definition) is 0. The zero-order chi connectivity index (χ0) is 19.1. The van der Waals surface area contributed by atoms with Gasteiger partial charge in [-0.15, -0.1) is 0 Å². The smallest absolute Gasteiger partial charge is 0.0598 e. The second-order valence-corrected chi connectivity index (χ2v) is 14.7. The summed E-state index contributed by atoms with van der Waals surface area (Å²) in [6.07, 6.45) is 25.6. The molecule has 0 aromatic carbocycles. The van der Waals surface area contributed by atoms with E-state index in [1.54, 1.807) is 63.1 Å². The average molecular weight is 381 g/mol. The molecule has 0 atom stereocenters. The molecule has 26 heavy (non-hydrogen) atoms. The number of hydrogen-bond donors (Lipinski definition) is 0. The molecular formula is C25H52Si. The van der Waals surface area contributed by atoms with Gasteiger partial charge in [-0.3, -0.25) is 0 Å². The zero-order valence-corrected chi connectivity index (χ0v) is 20.1. The van der Waals surface area contributed by atoms with E-state index in [1.165, 1.54) is 64.2 Å². The van der Waals surface area contributed by atoms with Gasteiger partial charge in [-0.1, -0.05) is 136 Å². The first-order valence-corrected chi connectivity index (χ1v) is 15.3. The first kappa shape index (κ1) is 24.3. The van der Waals surface area contributed by atoms with Gasteiger partial charge in [0.2, 0.25) is 0 Å². The Kier molecular flexibility index (Phi) is 13.3. The molecular weight excluding hydrogens is 328 g/mol. The fourth-order valence-corrected chi connectivity index (χ4v) is 13.4. The SMILES string of the molecule is CCCCCC1(CCCCC)CCCC[Si]1(CCCCC)CCCCC. The van der Waals surface area contributed by atoms with E-state index < -0.39 is 8.07 Å². The lowest BCUT2D eigenvalue weighted by Gasteiger charge is -2.54. The molecule has 0 aliphatic carbocycles. The fourth-order valence-electron chi connectivity index (χ4n) is 6.12. The molecule has 1 fully saturated rings. The highest BCUT2D eigenvalue weighted by atomic mass is 28.3. The van der Waals surface area contributed by atoms with Gasteiger partial charge in [0.05, 0.1) is 8.07 Å². The van der Waals surface area contributed by atoms with Crippen LogP contribution in [0.1, 0.15) is 137 Å². The Bertz CT molecular complexity index is 270. The monoisotopic (exact) mass is 380 g/mol. The van der Waals surface area contributed by atoms with Crippen molar-refractivity contribution in [3.8, 4) is 0 Å². The van der Waals surface area contributed by atoms with E-state index >= 15 is 0 Å². The van der Waals surface area contributed by atoms with Crippen molar-refractivity contribution in [1.82, 2.24) is 0 Å². The molecule has 0 radical (unpaired) electrons. The van der Waals surface area contributed by atoms with E-state index in [0.717, 1.165) is 5.04 Å². The van der Waals surface area contributed by atoms with Gasteiger partial charge >= 0.3 is 0 Å². The fraction of sp³-hybridized carbons (Fsp3) is 1.00. The maximum Gasteiger partial charge on any atom is 0.0598 e. The van der Waals surface area contributed by atoms with Crippen molar-refractivity contribution in [2.24, 2.45) is 0 Å². The van der Waals surface area contributed by atoms with Crippen molar-refractivity contribution >= 4 is 8.07 Å². The van der Waals surface area contributed by atoms with E-state index in [0.29, 0.717) is 0 Å². The summed E-state index contributed by atoms with van der Waals surface area (Å²) in [5.41, 5.74) is 0. The molecule has 0 spiro atoms. The van der Waals surface area contributed by atoms with Gasteiger partial charge in [0.25, 0.3) is 0 Å². The molecule has 1 aliphatic heterocycles. The van der Waals surface area contributed by atoms with E-state index in [-0.39, 0.29) is 0 Å². The van der Waals surface area contributed by atoms with Crippen LogP contribution in [0.3, 0.4) is 0 Å². The Balaban J connectivity index is 3.01. The minimum Gasteiger partial charge on any atom is -0.0654 e. The number of rotatable bonds is 16. The van der Waals surface area contributed by atoms with E-state index in [1.807, 2.05) is 0 Å². The van der Waals surface area contributed by atoms with Crippen molar-refractivity contribution in [2.75, 3.05) is 0 Å². The molecule has 156 valence electrons. The van der Waals surface area contributed by atoms with Gasteiger partial charge in [0, 0.05) is 0 Å². The molecule has 0 unspecified atom stereocenters. The maximum atomic E-state index is 2.39. The molecule has 0 bridgehead atoms. The first-order valence-electron chi connectivity index (χ1n) is 12.7. The largest absolute Gasteiger partial charge is 0.0654 e. The minimum absolute atomic E-state index is 0.830. The highest BCUT2D eigenvalue weighted by Crippen LogP contribution is 2.60.